The van der Waals surface area contributed by atoms with Crippen LogP contribution in [0.25, 0.3) is 11.0 Å². The van der Waals surface area contributed by atoms with Crippen LogP contribution >= 0.6 is 0 Å². The van der Waals surface area contributed by atoms with E-state index in [4.69, 9.17) is 8.83 Å². The van der Waals surface area contributed by atoms with Gasteiger partial charge in [0.15, 0.2) is 0 Å². The van der Waals surface area contributed by atoms with Crippen LogP contribution in [-0.4, -0.2) is 9.97 Å². The average molecular weight is 243 g/mol. The maximum absolute atomic E-state index is 5.49. The second-order valence-corrected chi connectivity index (χ2v) is 4.17. The molecule has 1 N–H and O–H groups in total. The van der Waals surface area contributed by atoms with Crippen molar-refractivity contribution in [2.24, 2.45) is 0 Å². The largest absolute Gasteiger partial charge is 0.464 e. The van der Waals surface area contributed by atoms with Gasteiger partial charge in [-0.05, 0) is 26.0 Å². The van der Waals surface area contributed by atoms with E-state index in [9.17, 15) is 0 Å². The molecule has 1 atom stereocenters. The van der Waals surface area contributed by atoms with Crippen LogP contribution in [0.15, 0.2) is 39.6 Å². The van der Waals surface area contributed by atoms with Crippen LogP contribution in [-0.2, 0) is 0 Å². The van der Waals surface area contributed by atoms with E-state index in [-0.39, 0.29) is 6.04 Å². The summed E-state index contributed by atoms with van der Waals surface area (Å²) in [6.07, 6.45) is 5.07. The molecule has 5 heteroatoms. The van der Waals surface area contributed by atoms with Gasteiger partial charge in [-0.25, -0.2) is 9.97 Å². The van der Waals surface area contributed by atoms with Crippen molar-refractivity contribution in [2.45, 2.75) is 19.9 Å². The predicted molar refractivity (Wildman–Crippen MR) is 67.3 cm³/mol. The van der Waals surface area contributed by atoms with Gasteiger partial charge in [0.2, 0.25) is 5.89 Å². The third-order valence-corrected chi connectivity index (χ3v) is 2.74. The molecule has 0 spiro atoms. The van der Waals surface area contributed by atoms with Gasteiger partial charge in [0.05, 0.1) is 17.8 Å². The maximum Gasteiger partial charge on any atom is 0.216 e. The van der Waals surface area contributed by atoms with Gasteiger partial charge in [0, 0.05) is 6.20 Å². The maximum atomic E-state index is 5.49. The van der Waals surface area contributed by atoms with Crippen LogP contribution in [0, 0.1) is 6.92 Å². The van der Waals surface area contributed by atoms with Gasteiger partial charge in [-0.1, -0.05) is 0 Å². The molecular formula is C13H13N3O2. The molecule has 0 bridgehead atoms. The lowest BCUT2D eigenvalue weighted by atomic mass is 10.2. The van der Waals surface area contributed by atoms with Gasteiger partial charge in [-0.15, -0.1) is 0 Å². The molecule has 0 aromatic carbocycles. The summed E-state index contributed by atoms with van der Waals surface area (Å²) in [6.45, 7) is 3.85. The van der Waals surface area contributed by atoms with E-state index in [1.54, 1.807) is 18.7 Å². The van der Waals surface area contributed by atoms with Crippen LogP contribution < -0.4 is 5.32 Å². The Morgan fingerprint density at radius 3 is 2.94 bits per heavy atom. The Bertz CT molecular complexity index is 671. The van der Waals surface area contributed by atoms with Gasteiger partial charge in [-0.3, -0.25) is 0 Å². The normalized spacial score (nSPS) is 12.8. The van der Waals surface area contributed by atoms with Gasteiger partial charge >= 0.3 is 0 Å². The molecule has 0 radical (unpaired) electrons. The fourth-order valence-corrected chi connectivity index (χ4v) is 1.85. The van der Waals surface area contributed by atoms with Crippen LogP contribution in [0.1, 0.15) is 24.6 Å². The molecule has 92 valence electrons. The molecule has 1 unspecified atom stereocenters. The molecule has 0 aliphatic rings. The molecular weight excluding hydrogens is 230 g/mol. The second kappa shape index (κ2) is 4.18. The molecule has 3 aromatic heterocycles. The highest BCUT2D eigenvalue weighted by Crippen LogP contribution is 2.25. The number of aromatic nitrogens is 2. The fraction of sp³-hybridized carbons (Fsp3) is 0.231. The van der Waals surface area contributed by atoms with Crippen molar-refractivity contribution >= 4 is 16.8 Å². The number of furan rings is 1. The topological polar surface area (TPSA) is 64.1 Å². The highest BCUT2D eigenvalue weighted by molar-refractivity contribution is 5.87. The standard InChI is InChI=1S/C13H13N3O2/c1-8-7-15-13(18-8)9(2)16-12-10-4-6-17-11(10)3-5-14-12/h3-7,9H,1-2H3,(H,14,16). The Morgan fingerprint density at radius 2 is 2.17 bits per heavy atom. The minimum Gasteiger partial charge on any atom is -0.464 e. The van der Waals surface area contributed by atoms with Gasteiger partial charge in [0.1, 0.15) is 23.2 Å². The number of nitrogens with one attached hydrogen (secondary N) is 1. The van der Waals surface area contributed by atoms with Crippen LogP contribution in [0.2, 0.25) is 0 Å². The monoisotopic (exact) mass is 243 g/mol. The van der Waals surface area contributed by atoms with Crippen LogP contribution in [0.5, 0.6) is 0 Å². The van der Waals surface area contributed by atoms with Crippen molar-refractivity contribution < 1.29 is 8.83 Å². The molecule has 3 rings (SSSR count). The van der Waals surface area contributed by atoms with Gasteiger partial charge < -0.3 is 14.2 Å². The number of hydrogen-bond acceptors (Lipinski definition) is 5. The highest BCUT2D eigenvalue weighted by Gasteiger charge is 2.13. The second-order valence-electron chi connectivity index (χ2n) is 4.17. The van der Waals surface area contributed by atoms with E-state index < -0.39 is 0 Å². The Hall–Kier alpha value is -2.30. The van der Waals surface area contributed by atoms with E-state index in [0.717, 1.165) is 22.5 Å². The van der Waals surface area contributed by atoms with E-state index in [2.05, 4.69) is 15.3 Å². The number of pyridine rings is 1. The SMILES string of the molecule is Cc1cnc(C(C)Nc2nccc3occc23)o1. The number of rotatable bonds is 3. The summed E-state index contributed by atoms with van der Waals surface area (Å²) in [4.78, 5) is 8.51. The lowest BCUT2D eigenvalue weighted by molar-refractivity contribution is 0.453. The van der Waals surface area contributed by atoms with E-state index >= 15 is 0 Å². The number of oxazole rings is 1. The molecule has 5 nitrogen and oxygen atoms in total. The van der Waals surface area contributed by atoms with Gasteiger partial charge in [-0.2, -0.15) is 0 Å². The number of anilines is 1. The lowest BCUT2D eigenvalue weighted by Gasteiger charge is -2.11. The number of hydrogen-bond donors (Lipinski definition) is 1. The van der Waals surface area contributed by atoms with Crippen molar-refractivity contribution in [3.63, 3.8) is 0 Å². The molecule has 3 aromatic rings. The minimum atomic E-state index is -0.0494. The zero-order valence-electron chi connectivity index (χ0n) is 10.2. The summed E-state index contributed by atoms with van der Waals surface area (Å²) in [6, 6.07) is 3.67. The quantitative estimate of drug-likeness (QED) is 0.764. The molecule has 3 heterocycles. The van der Waals surface area contributed by atoms with Crippen molar-refractivity contribution in [3.05, 3.63) is 42.4 Å². The molecule has 0 saturated carbocycles. The zero-order chi connectivity index (χ0) is 12.5. The summed E-state index contributed by atoms with van der Waals surface area (Å²) < 4.78 is 10.8. The molecule has 0 amide bonds. The van der Waals surface area contributed by atoms with E-state index in [0.29, 0.717) is 5.89 Å². The number of nitrogens with zero attached hydrogens (tertiary/aromatic N) is 2. The van der Waals surface area contributed by atoms with E-state index in [1.807, 2.05) is 26.0 Å². The zero-order valence-corrected chi connectivity index (χ0v) is 10.2. The number of fused-ring (bicyclic) bond motifs is 1. The highest BCUT2D eigenvalue weighted by atomic mass is 16.4. The summed E-state index contributed by atoms with van der Waals surface area (Å²) >= 11 is 0. The van der Waals surface area contributed by atoms with E-state index in [1.165, 1.54) is 0 Å². The molecule has 0 aliphatic heterocycles. The van der Waals surface area contributed by atoms with Crippen molar-refractivity contribution in [3.8, 4) is 0 Å². The number of aryl methyl sites for hydroxylation is 1. The first-order chi connectivity index (χ1) is 8.74. The smallest absolute Gasteiger partial charge is 0.216 e. The third kappa shape index (κ3) is 1.84. The first-order valence-electron chi connectivity index (χ1n) is 5.75. The van der Waals surface area contributed by atoms with Crippen molar-refractivity contribution in [1.82, 2.24) is 9.97 Å². The fourth-order valence-electron chi connectivity index (χ4n) is 1.85. The lowest BCUT2D eigenvalue weighted by Crippen LogP contribution is -2.08. The van der Waals surface area contributed by atoms with Gasteiger partial charge in [0.25, 0.3) is 0 Å². The first-order valence-corrected chi connectivity index (χ1v) is 5.75. The molecule has 0 aliphatic carbocycles. The summed E-state index contributed by atoms with van der Waals surface area (Å²) in [5.41, 5.74) is 0.809. The Labute approximate surface area is 104 Å². The summed E-state index contributed by atoms with van der Waals surface area (Å²) in [5, 5.41) is 4.22. The summed E-state index contributed by atoms with van der Waals surface area (Å²) in [7, 11) is 0. The molecule has 0 fully saturated rings. The third-order valence-electron chi connectivity index (χ3n) is 2.74. The Kier molecular flexibility index (Phi) is 2.51. The molecule has 18 heavy (non-hydrogen) atoms. The van der Waals surface area contributed by atoms with Crippen LogP contribution in [0.3, 0.4) is 0 Å². The predicted octanol–water partition coefficient (Wildman–Crippen LogP) is 3.30. The Morgan fingerprint density at radius 1 is 1.28 bits per heavy atom. The first kappa shape index (κ1) is 10.8. The minimum absolute atomic E-state index is 0.0494. The van der Waals surface area contributed by atoms with Crippen LogP contribution in [0.4, 0.5) is 5.82 Å². The Balaban J connectivity index is 1.90. The molecule has 0 saturated heterocycles. The summed E-state index contributed by atoms with van der Waals surface area (Å²) in [5.74, 6) is 2.22. The average Bonchev–Trinajstić information content (AvgIpc) is 2.97. The van der Waals surface area contributed by atoms with Crippen molar-refractivity contribution in [2.75, 3.05) is 5.32 Å². The van der Waals surface area contributed by atoms with Crippen molar-refractivity contribution in [1.29, 1.82) is 0 Å².